The van der Waals surface area contributed by atoms with Gasteiger partial charge in [-0.05, 0) is 50.8 Å². The molecule has 0 N–H and O–H groups in total. The number of fused-ring (bicyclic) bond motifs is 1. The molecular formula is C21H24FN3O2. The van der Waals surface area contributed by atoms with Crippen molar-refractivity contribution in [2.45, 2.75) is 45.6 Å². The number of nitriles is 1. The summed E-state index contributed by atoms with van der Waals surface area (Å²) in [5, 5.41) is 10.0. The van der Waals surface area contributed by atoms with Gasteiger partial charge in [-0.3, -0.25) is 4.98 Å². The van der Waals surface area contributed by atoms with E-state index in [-0.39, 0.29) is 23.5 Å². The second kappa shape index (κ2) is 7.15. The number of hydrogen-bond donors (Lipinski definition) is 0. The third-order valence-corrected chi connectivity index (χ3v) is 4.74. The number of nitrogens with zero attached hydrogens (tertiary/aromatic N) is 3. The fourth-order valence-electron chi connectivity index (χ4n) is 3.73. The van der Waals surface area contributed by atoms with Crippen molar-refractivity contribution >= 4 is 17.0 Å². The molecule has 6 heteroatoms. The number of carbonyl (C=O) groups excluding carboxylic acids is 1. The van der Waals surface area contributed by atoms with Gasteiger partial charge < -0.3 is 9.64 Å². The Morgan fingerprint density at radius 1 is 1.41 bits per heavy atom. The molecule has 3 rings (SSSR count). The van der Waals surface area contributed by atoms with Gasteiger partial charge in [0.05, 0.1) is 5.52 Å². The van der Waals surface area contributed by atoms with Gasteiger partial charge in [0.15, 0.2) is 0 Å². The molecule has 1 saturated heterocycles. The lowest BCUT2D eigenvalue weighted by Gasteiger charge is -2.37. The minimum absolute atomic E-state index is 0.0396. The lowest BCUT2D eigenvalue weighted by Crippen LogP contribution is -2.45. The second-order valence-corrected chi connectivity index (χ2v) is 8.26. The van der Waals surface area contributed by atoms with Crippen molar-refractivity contribution in [3.8, 4) is 6.07 Å². The number of hydrogen-bond acceptors (Lipinski definition) is 4. The first-order valence-corrected chi connectivity index (χ1v) is 9.14. The number of amides is 1. The number of ether oxygens (including phenoxy) is 1. The van der Waals surface area contributed by atoms with Crippen LogP contribution in [0.2, 0.25) is 0 Å². The SMILES string of the molecule is CC1C[C@H](c2cc(F)c(C#N)c3ncccc23)CN(C(=O)OC(C)(C)C)C1. The maximum absolute atomic E-state index is 14.5. The van der Waals surface area contributed by atoms with Gasteiger partial charge >= 0.3 is 6.09 Å². The zero-order valence-corrected chi connectivity index (χ0v) is 16.1. The predicted molar refractivity (Wildman–Crippen MR) is 101 cm³/mol. The Labute approximate surface area is 158 Å². The first-order valence-electron chi connectivity index (χ1n) is 9.14. The van der Waals surface area contributed by atoms with Crippen LogP contribution in [0.15, 0.2) is 24.4 Å². The molecule has 0 saturated carbocycles. The van der Waals surface area contributed by atoms with E-state index >= 15 is 0 Å². The quantitative estimate of drug-likeness (QED) is 0.736. The molecule has 1 amide bonds. The van der Waals surface area contributed by atoms with E-state index in [1.807, 2.05) is 32.9 Å². The topological polar surface area (TPSA) is 66.2 Å². The highest BCUT2D eigenvalue weighted by molar-refractivity contribution is 5.88. The number of rotatable bonds is 1. The first-order chi connectivity index (χ1) is 12.7. The summed E-state index contributed by atoms with van der Waals surface area (Å²) in [6.07, 6.45) is 2.04. The molecule has 1 unspecified atom stereocenters. The van der Waals surface area contributed by atoms with Gasteiger partial charge in [-0.2, -0.15) is 5.26 Å². The Bertz CT molecular complexity index is 914. The van der Waals surface area contributed by atoms with E-state index in [0.29, 0.717) is 18.6 Å². The zero-order valence-electron chi connectivity index (χ0n) is 16.1. The van der Waals surface area contributed by atoms with E-state index in [2.05, 4.69) is 11.9 Å². The number of pyridine rings is 1. The van der Waals surface area contributed by atoms with E-state index in [1.54, 1.807) is 17.2 Å². The Morgan fingerprint density at radius 3 is 2.81 bits per heavy atom. The standard InChI is InChI=1S/C21H24FN3O2/c1-13-8-14(12-25(11-13)20(26)27-21(2,3)4)16-9-18(22)17(10-23)19-15(16)6-5-7-24-19/h5-7,9,13-14H,8,11-12H2,1-4H3/t13?,14-/m0/s1. The van der Waals surface area contributed by atoms with Crippen LogP contribution in [-0.4, -0.2) is 34.7 Å². The van der Waals surface area contributed by atoms with Crippen LogP contribution in [0.5, 0.6) is 0 Å². The van der Waals surface area contributed by atoms with E-state index in [0.717, 1.165) is 17.4 Å². The van der Waals surface area contributed by atoms with E-state index in [4.69, 9.17) is 4.74 Å². The Hall–Kier alpha value is -2.68. The third-order valence-electron chi connectivity index (χ3n) is 4.74. The first kappa shape index (κ1) is 19.1. The predicted octanol–water partition coefficient (Wildman–Crippen LogP) is 4.61. The van der Waals surface area contributed by atoms with Gasteiger partial charge in [0.1, 0.15) is 23.1 Å². The van der Waals surface area contributed by atoms with Crippen molar-refractivity contribution in [2.75, 3.05) is 13.1 Å². The van der Waals surface area contributed by atoms with Gasteiger partial charge in [-0.1, -0.05) is 13.0 Å². The minimum Gasteiger partial charge on any atom is -0.444 e. The van der Waals surface area contributed by atoms with Crippen LogP contribution in [-0.2, 0) is 4.74 Å². The third kappa shape index (κ3) is 4.02. The molecule has 2 atom stereocenters. The van der Waals surface area contributed by atoms with Gasteiger partial charge in [-0.25, -0.2) is 9.18 Å². The number of benzene rings is 1. The normalized spacial score (nSPS) is 20.4. The summed E-state index contributed by atoms with van der Waals surface area (Å²) in [6.45, 7) is 8.65. The maximum atomic E-state index is 14.5. The lowest BCUT2D eigenvalue weighted by molar-refractivity contribution is 0.0152. The zero-order chi connectivity index (χ0) is 19.8. The van der Waals surface area contributed by atoms with Crippen LogP contribution in [0, 0.1) is 23.1 Å². The molecule has 27 heavy (non-hydrogen) atoms. The van der Waals surface area contributed by atoms with Crippen molar-refractivity contribution < 1.29 is 13.9 Å². The smallest absolute Gasteiger partial charge is 0.410 e. The van der Waals surface area contributed by atoms with E-state index in [9.17, 15) is 14.4 Å². The molecule has 0 aliphatic carbocycles. The monoisotopic (exact) mass is 369 g/mol. The number of aromatic nitrogens is 1. The van der Waals surface area contributed by atoms with Gasteiger partial charge in [0.25, 0.3) is 0 Å². The van der Waals surface area contributed by atoms with Crippen molar-refractivity contribution in [2.24, 2.45) is 5.92 Å². The fourth-order valence-corrected chi connectivity index (χ4v) is 3.73. The molecule has 2 heterocycles. The van der Waals surface area contributed by atoms with Gasteiger partial charge in [-0.15, -0.1) is 0 Å². The molecule has 0 radical (unpaired) electrons. The highest BCUT2D eigenvalue weighted by Crippen LogP contribution is 2.36. The average Bonchev–Trinajstić information content (AvgIpc) is 2.59. The number of likely N-dealkylation sites (tertiary alicyclic amines) is 1. The number of halogens is 1. The Kier molecular flexibility index (Phi) is 5.05. The maximum Gasteiger partial charge on any atom is 0.410 e. The van der Waals surface area contributed by atoms with E-state index in [1.165, 1.54) is 6.07 Å². The van der Waals surface area contributed by atoms with E-state index < -0.39 is 11.4 Å². The summed E-state index contributed by atoms with van der Waals surface area (Å²) in [7, 11) is 0. The number of piperidine rings is 1. The second-order valence-electron chi connectivity index (χ2n) is 8.26. The molecule has 1 aliphatic heterocycles. The average molecular weight is 369 g/mol. The largest absolute Gasteiger partial charge is 0.444 e. The fraction of sp³-hybridized carbons (Fsp3) is 0.476. The number of carbonyl (C=O) groups is 1. The minimum atomic E-state index is -0.569. The molecule has 2 aromatic rings. The molecular weight excluding hydrogens is 345 g/mol. The Balaban J connectivity index is 1.99. The molecule has 0 spiro atoms. The van der Waals surface area contributed by atoms with Crippen molar-refractivity contribution in [3.05, 3.63) is 41.3 Å². The van der Waals surface area contributed by atoms with Crippen LogP contribution in [0.25, 0.3) is 10.9 Å². The summed E-state index contributed by atoms with van der Waals surface area (Å²) < 4.78 is 20.1. The summed E-state index contributed by atoms with van der Waals surface area (Å²) in [6, 6.07) is 6.97. The summed E-state index contributed by atoms with van der Waals surface area (Å²) in [5.74, 6) is -0.363. The van der Waals surface area contributed by atoms with Crippen molar-refractivity contribution in [3.63, 3.8) is 0 Å². The van der Waals surface area contributed by atoms with Crippen LogP contribution in [0.1, 0.15) is 51.2 Å². The molecule has 142 valence electrons. The van der Waals surface area contributed by atoms with Crippen LogP contribution < -0.4 is 0 Å². The van der Waals surface area contributed by atoms with Gasteiger partial charge in [0.2, 0.25) is 0 Å². The highest BCUT2D eigenvalue weighted by atomic mass is 19.1. The molecule has 5 nitrogen and oxygen atoms in total. The van der Waals surface area contributed by atoms with Crippen molar-refractivity contribution in [1.29, 1.82) is 5.26 Å². The molecule has 1 aliphatic rings. The molecule has 1 fully saturated rings. The summed E-state index contributed by atoms with van der Waals surface area (Å²) >= 11 is 0. The molecule has 1 aromatic carbocycles. The summed E-state index contributed by atoms with van der Waals surface area (Å²) in [4.78, 5) is 18.5. The van der Waals surface area contributed by atoms with Crippen LogP contribution in [0.3, 0.4) is 0 Å². The van der Waals surface area contributed by atoms with Gasteiger partial charge in [0, 0.05) is 30.6 Å². The summed E-state index contributed by atoms with van der Waals surface area (Å²) in [5.41, 5.74) is 0.554. The molecule has 1 aromatic heterocycles. The molecule has 0 bridgehead atoms. The van der Waals surface area contributed by atoms with Crippen molar-refractivity contribution in [1.82, 2.24) is 9.88 Å². The lowest BCUT2D eigenvalue weighted by atomic mass is 9.83. The van der Waals surface area contributed by atoms with Crippen LogP contribution in [0.4, 0.5) is 9.18 Å². The van der Waals surface area contributed by atoms with Crippen LogP contribution >= 0.6 is 0 Å². The Morgan fingerprint density at radius 2 is 2.15 bits per heavy atom. The highest BCUT2D eigenvalue weighted by Gasteiger charge is 2.33.